The molecule has 3 heterocycles. The Morgan fingerprint density at radius 1 is 1.20 bits per heavy atom. The monoisotopic (exact) mass is 535 g/mol. The summed E-state index contributed by atoms with van der Waals surface area (Å²) in [5, 5.41) is 13.2. The molecule has 2 aliphatic rings. The van der Waals surface area contributed by atoms with Gasteiger partial charge in [-0.25, -0.2) is 4.68 Å². The molecule has 2 fully saturated rings. The highest BCUT2D eigenvalue weighted by atomic mass is 127. The third-order valence-corrected chi connectivity index (χ3v) is 7.91. The van der Waals surface area contributed by atoms with Gasteiger partial charge in [0.25, 0.3) is 0 Å². The number of rotatable bonds is 5. The van der Waals surface area contributed by atoms with Crippen LogP contribution in [0.15, 0.2) is 35.0 Å². The van der Waals surface area contributed by atoms with Crippen LogP contribution >= 0.6 is 33.9 Å². The van der Waals surface area contributed by atoms with E-state index < -0.39 is 0 Å². The zero-order valence-corrected chi connectivity index (χ0v) is 19.8. The molecule has 158 valence electrons. The van der Waals surface area contributed by atoms with Crippen molar-refractivity contribution < 1.29 is 9.53 Å². The Kier molecular flexibility index (Phi) is 6.11. The molecular weight excluding hydrogens is 509 g/mol. The molecule has 1 saturated heterocycles. The predicted octanol–water partition coefficient (Wildman–Crippen LogP) is 6.31. The summed E-state index contributed by atoms with van der Waals surface area (Å²) in [5.41, 5.74) is 3.06. The Morgan fingerprint density at radius 2 is 2.03 bits per heavy atom. The van der Waals surface area contributed by atoms with Crippen molar-refractivity contribution in [1.29, 1.82) is 0 Å². The Morgan fingerprint density at radius 3 is 2.77 bits per heavy atom. The van der Waals surface area contributed by atoms with Gasteiger partial charge in [0.2, 0.25) is 5.91 Å². The van der Waals surface area contributed by atoms with E-state index in [2.05, 4.69) is 56.9 Å². The Balaban J connectivity index is 1.40. The van der Waals surface area contributed by atoms with Crippen LogP contribution in [0.4, 0.5) is 5.69 Å². The number of hydrogen-bond donors (Lipinski definition) is 1. The quantitative estimate of drug-likeness (QED) is 0.390. The highest BCUT2D eigenvalue weighted by molar-refractivity contribution is 14.1. The summed E-state index contributed by atoms with van der Waals surface area (Å²) in [4.78, 5) is 13.3. The van der Waals surface area contributed by atoms with Crippen molar-refractivity contribution in [3.05, 3.63) is 44.3 Å². The van der Waals surface area contributed by atoms with Crippen LogP contribution in [-0.4, -0.2) is 22.3 Å². The van der Waals surface area contributed by atoms with Gasteiger partial charge in [-0.05, 0) is 101 Å². The SMILES string of the molecule is O=C(Nc1ccc2c(c1)c(I)nn2C1CCCCO1)C(c1ccsc1)C1CCCC1. The molecule has 2 aromatic heterocycles. The standard InChI is InChI=1S/C23H26IN3O2S/c24-22-18-13-17(8-9-19(18)27(26-22)20-7-3-4-11-29-20)25-23(28)21(15-5-1-2-6-15)16-10-12-30-14-16/h8-10,12-15,20-21H,1-7,11H2,(H,25,28). The summed E-state index contributed by atoms with van der Waals surface area (Å²) in [6.07, 6.45) is 8.02. The summed E-state index contributed by atoms with van der Waals surface area (Å²) in [5.74, 6) is 0.485. The number of aromatic nitrogens is 2. The first-order chi connectivity index (χ1) is 14.7. The van der Waals surface area contributed by atoms with E-state index in [1.165, 1.54) is 19.3 Å². The van der Waals surface area contributed by atoms with E-state index in [1.807, 2.05) is 10.7 Å². The number of hydrogen-bond acceptors (Lipinski definition) is 4. The minimum absolute atomic E-state index is 0.00976. The van der Waals surface area contributed by atoms with Crippen LogP contribution < -0.4 is 5.32 Å². The maximum absolute atomic E-state index is 13.3. The molecule has 0 radical (unpaired) electrons. The third kappa shape index (κ3) is 4.03. The van der Waals surface area contributed by atoms with Gasteiger partial charge in [-0.1, -0.05) is 12.8 Å². The normalized spacial score (nSPS) is 21.2. The number of halogens is 1. The molecule has 3 aromatic rings. The minimum Gasteiger partial charge on any atom is -0.356 e. The molecule has 0 spiro atoms. The molecule has 30 heavy (non-hydrogen) atoms. The second-order valence-corrected chi connectivity index (χ2v) is 10.2. The lowest BCUT2D eigenvalue weighted by atomic mass is 9.85. The Bertz CT molecular complexity index is 1020. The molecule has 5 rings (SSSR count). The molecule has 1 aliphatic carbocycles. The third-order valence-electron chi connectivity index (χ3n) is 6.41. The number of fused-ring (bicyclic) bond motifs is 1. The summed E-state index contributed by atoms with van der Waals surface area (Å²) < 4.78 is 8.89. The fourth-order valence-corrected chi connectivity index (χ4v) is 6.28. The van der Waals surface area contributed by atoms with Crippen LogP contribution in [0.5, 0.6) is 0 Å². The predicted molar refractivity (Wildman–Crippen MR) is 129 cm³/mol. The van der Waals surface area contributed by atoms with Gasteiger partial charge in [-0.3, -0.25) is 4.79 Å². The molecule has 1 saturated carbocycles. The lowest BCUT2D eigenvalue weighted by Gasteiger charge is -2.23. The number of benzene rings is 1. The van der Waals surface area contributed by atoms with Crippen LogP contribution in [0.2, 0.25) is 0 Å². The lowest BCUT2D eigenvalue weighted by molar-refractivity contribution is -0.118. The van der Waals surface area contributed by atoms with Crippen molar-refractivity contribution in [2.45, 2.75) is 57.1 Å². The largest absolute Gasteiger partial charge is 0.356 e. The van der Waals surface area contributed by atoms with Crippen LogP contribution in [0.1, 0.15) is 62.7 Å². The number of thiophene rings is 1. The van der Waals surface area contributed by atoms with Gasteiger partial charge < -0.3 is 10.1 Å². The van der Waals surface area contributed by atoms with Gasteiger partial charge in [0.1, 0.15) is 3.70 Å². The molecule has 1 aromatic carbocycles. The fraction of sp³-hybridized carbons (Fsp3) is 0.478. The van der Waals surface area contributed by atoms with E-state index in [4.69, 9.17) is 9.84 Å². The molecule has 5 nitrogen and oxygen atoms in total. The maximum atomic E-state index is 13.3. The smallest absolute Gasteiger partial charge is 0.232 e. The number of carbonyl (C=O) groups excluding carboxylic acids is 1. The maximum Gasteiger partial charge on any atom is 0.232 e. The van der Waals surface area contributed by atoms with E-state index in [1.54, 1.807) is 11.3 Å². The molecule has 2 atom stereocenters. The molecular formula is C23H26IN3O2S. The van der Waals surface area contributed by atoms with E-state index in [0.29, 0.717) is 5.92 Å². The van der Waals surface area contributed by atoms with Gasteiger partial charge in [0, 0.05) is 17.7 Å². The van der Waals surface area contributed by atoms with E-state index in [-0.39, 0.29) is 18.1 Å². The van der Waals surface area contributed by atoms with Crippen molar-refractivity contribution in [3.63, 3.8) is 0 Å². The number of nitrogens with one attached hydrogen (secondary N) is 1. The average molecular weight is 535 g/mol. The van der Waals surface area contributed by atoms with Crippen molar-refractivity contribution in [2.24, 2.45) is 5.92 Å². The van der Waals surface area contributed by atoms with Gasteiger partial charge in [0.05, 0.1) is 11.4 Å². The summed E-state index contributed by atoms with van der Waals surface area (Å²) in [7, 11) is 0. The topological polar surface area (TPSA) is 56.2 Å². The second kappa shape index (κ2) is 8.96. The van der Waals surface area contributed by atoms with Crippen molar-refractivity contribution in [2.75, 3.05) is 11.9 Å². The minimum atomic E-state index is -0.0631. The highest BCUT2D eigenvalue weighted by Gasteiger charge is 2.32. The van der Waals surface area contributed by atoms with Crippen molar-refractivity contribution in [3.8, 4) is 0 Å². The first-order valence-corrected chi connectivity index (χ1v) is 12.9. The van der Waals surface area contributed by atoms with Gasteiger partial charge >= 0.3 is 0 Å². The van der Waals surface area contributed by atoms with Crippen LogP contribution in [0.25, 0.3) is 10.9 Å². The highest BCUT2D eigenvalue weighted by Crippen LogP contribution is 2.39. The molecule has 1 amide bonds. The summed E-state index contributed by atoms with van der Waals surface area (Å²) in [6, 6.07) is 8.22. The fourth-order valence-electron chi connectivity index (χ4n) is 4.92. The van der Waals surface area contributed by atoms with Crippen molar-refractivity contribution >= 4 is 56.4 Å². The Hall–Kier alpha value is -1.45. The van der Waals surface area contributed by atoms with Crippen LogP contribution in [0, 0.1) is 9.62 Å². The number of amides is 1. The lowest BCUT2D eigenvalue weighted by Crippen LogP contribution is -2.26. The second-order valence-electron chi connectivity index (χ2n) is 8.36. The van der Waals surface area contributed by atoms with E-state index >= 15 is 0 Å². The first kappa shape index (κ1) is 20.5. The number of anilines is 1. The van der Waals surface area contributed by atoms with Crippen LogP contribution in [-0.2, 0) is 9.53 Å². The first-order valence-electron chi connectivity index (χ1n) is 10.8. The molecule has 1 N–H and O–H groups in total. The molecule has 7 heteroatoms. The summed E-state index contributed by atoms with van der Waals surface area (Å²) >= 11 is 3.95. The van der Waals surface area contributed by atoms with E-state index in [0.717, 1.165) is 58.1 Å². The van der Waals surface area contributed by atoms with Crippen LogP contribution in [0.3, 0.4) is 0 Å². The average Bonchev–Trinajstić information content (AvgIpc) is 3.52. The number of nitrogens with zero attached hydrogens (tertiary/aromatic N) is 2. The number of carbonyl (C=O) groups is 1. The summed E-state index contributed by atoms with van der Waals surface area (Å²) in [6.45, 7) is 0.794. The van der Waals surface area contributed by atoms with Gasteiger partial charge in [-0.15, -0.1) is 0 Å². The van der Waals surface area contributed by atoms with Gasteiger partial charge in [-0.2, -0.15) is 16.4 Å². The molecule has 0 bridgehead atoms. The Labute approximate surface area is 194 Å². The zero-order chi connectivity index (χ0) is 20.5. The van der Waals surface area contributed by atoms with Crippen molar-refractivity contribution in [1.82, 2.24) is 9.78 Å². The zero-order valence-electron chi connectivity index (χ0n) is 16.9. The molecule has 2 unspecified atom stereocenters. The number of ether oxygens (including phenoxy) is 1. The van der Waals surface area contributed by atoms with E-state index in [9.17, 15) is 4.79 Å². The van der Waals surface area contributed by atoms with Gasteiger partial charge in [0.15, 0.2) is 6.23 Å². The molecule has 1 aliphatic heterocycles.